The van der Waals surface area contributed by atoms with E-state index in [9.17, 15) is 4.79 Å². The van der Waals surface area contributed by atoms with Crippen molar-refractivity contribution in [3.05, 3.63) is 28.0 Å². The van der Waals surface area contributed by atoms with Crippen LogP contribution >= 0.6 is 0 Å². The first-order valence-corrected chi connectivity index (χ1v) is 5.68. The Bertz CT molecular complexity index is 678. The summed E-state index contributed by atoms with van der Waals surface area (Å²) in [7, 11) is 0. The smallest absolute Gasteiger partial charge is 0.231 e. The van der Waals surface area contributed by atoms with Crippen molar-refractivity contribution in [2.24, 2.45) is 0 Å². The van der Waals surface area contributed by atoms with Crippen LogP contribution in [0, 0.1) is 0 Å². The van der Waals surface area contributed by atoms with Gasteiger partial charge >= 0.3 is 0 Å². The average Bonchev–Trinajstić information content (AvgIpc) is 2.85. The van der Waals surface area contributed by atoms with Gasteiger partial charge in [-0.15, -0.1) is 0 Å². The molecule has 0 atom stereocenters. The van der Waals surface area contributed by atoms with Crippen molar-refractivity contribution in [1.82, 2.24) is 9.78 Å². The largest absolute Gasteiger partial charge is 0.454 e. The molecule has 0 saturated carbocycles. The predicted octanol–water partition coefficient (Wildman–Crippen LogP) is 0.637. The minimum Gasteiger partial charge on any atom is -0.454 e. The van der Waals surface area contributed by atoms with Gasteiger partial charge in [0, 0.05) is 12.6 Å². The molecule has 0 radical (unpaired) electrons. The number of aliphatic hydroxyl groups is 1. The zero-order chi connectivity index (χ0) is 12.7. The highest BCUT2D eigenvalue weighted by molar-refractivity contribution is 5.83. The van der Waals surface area contributed by atoms with Crippen molar-refractivity contribution in [2.45, 2.75) is 20.1 Å². The van der Waals surface area contributed by atoms with Crippen molar-refractivity contribution in [3.8, 4) is 11.5 Å². The number of fused-ring (bicyclic) bond motifs is 2. The predicted molar refractivity (Wildman–Crippen MR) is 63.7 cm³/mol. The van der Waals surface area contributed by atoms with Gasteiger partial charge in [0.2, 0.25) is 12.2 Å². The molecule has 1 aliphatic rings. The highest BCUT2D eigenvalue weighted by atomic mass is 16.7. The van der Waals surface area contributed by atoms with Gasteiger partial charge in [0.05, 0.1) is 17.5 Å². The third-order valence-corrected chi connectivity index (χ3v) is 2.97. The van der Waals surface area contributed by atoms with Crippen LogP contribution in [0.2, 0.25) is 0 Å². The van der Waals surface area contributed by atoms with Gasteiger partial charge in [0.25, 0.3) is 0 Å². The SMILES string of the molecule is CCn1nc(CO)c(=O)c2cc3c(cc21)OCO3. The molecule has 18 heavy (non-hydrogen) atoms. The van der Waals surface area contributed by atoms with Gasteiger partial charge in [-0.05, 0) is 13.0 Å². The molecular weight excluding hydrogens is 236 g/mol. The summed E-state index contributed by atoms with van der Waals surface area (Å²) in [6, 6.07) is 3.39. The van der Waals surface area contributed by atoms with Crippen LogP contribution in [0.5, 0.6) is 11.5 Å². The molecule has 2 heterocycles. The molecule has 1 aliphatic heterocycles. The first-order chi connectivity index (χ1) is 8.74. The van der Waals surface area contributed by atoms with Crippen LogP contribution in [0.15, 0.2) is 16.9 Å². The second-order valence-electron chi connectivity index (χ2n) is 3.97. The number of rotatable bonds is 2. The van der Waals surface area contributed by atoms with Crippen molar-refractivity contribution in [3.63, 3.8) is 0 Å². The Balaban J connectivity index is 2.41. The van der Waals surface area contributed by atoms with Crippen molar-refractivity contribution in [1.29, 1.82) is 0 Å². The van der Waals surface area contributed by atoms with Crippen molar-refractivity contribution < 1.29 is 14.6 Å². The third kappa shape index (κ3) is 1.46. The molecule has 0 bridgehead atoms. The number of hydrogen-bond acceptors (Lipinski definition) is 5. The Morgan fingerprint density at radius 2 is 2.11 bits per heavy atom. The molecule has 0 unspecified atom stereocenters. The standard InChI is InChI=1S/C12H12N2O4/c1-2-14-9-4-11-10(17-6-18-11)3-7(9)12(16)8(5-15)13-14/h3-4,15H,2,5-6H2,1H3. The lowest BCUT2D eigenvalue weighted by Crippen LogP contribution is -2.18. The van der Waals surface area contributed by atoms with Crippen LogP contribution in [-0.4, -0.2) is 21.7 Å². The van der Waals surface area contributed by atoms with E-state index in [1.807, 2.05) is 6.92 Å². The lowest BCUT2D eigenvalue weighted by molar-refractivity contribution is 0.174. The molecule has 3 rings (SSSR count). The Kier molecular flexibility index (Phi) is 2.45. The fraction of sp³-hybridized carbons (Fsp3) is 0.333. The molecule has 0 spiro atoms. The maximum absolute atomic E-state index is 12.1. The van der Waals surface area contributed by atoms with Gasteiger partial charge in [-0.1, -0.05) is 0 Å². The van der Waals surface area contributed by atoms with Crippen LogP contribution in [0.4, 0.5) is 0 Å². The number of ether oxygens (including phenoxy) is 2. The summed E-state index contributed by atoms with van der Waals surface area (Å²) in [6.07, 6.45) is 0. The number of nitrogens with zero attached hydrogens (tertiary/aromatic N) is 2. The summed E-state index contributed by atoms with van der Waals surface area (Å²) in [6.45, 7) is 2.31. The number of hydrogen-bond donors (Lipinski definition) is 1. The third-order valence-electron chi connectivity index (χ3n) is 2.97. The van der Waals surface area contributed by atoms with E-state index in [1.54, 1.807) is 16.8 Å². The monoisotopic (exact) mass is 248 g/mol. The average molecular weight is 248 g/mol. The first-order valence-electron chi connectivity index (χ1n) is 5.68. The Labute approximate surface area is 102 Å². The second kappa shape index (κ2) is 3.99. The number of aliphatic hydroxyl groups excluding tert-OH is 1. The summed E-state index contributed by atoms with van der Waals surface area (Å²) < 4.78 is 12.2. The quantitative estimate of drug-likeness (QED) is 0.844. The first kappa shape index (κ1) is 11.0. The minimum atomic E-state index is -0.372. The van der Waals surface area contributed by atoms with Crippen molar-refractivity contribution >= 4 is 10.9 Å². The van der Waals surface area contributed by atoms with Crippen LogP contribution in [0.25, 0.3) is 10.9 Å². The van der Waals surface area contributed by atoms with Crippen LogP contribution in [0.1, 0.15) is 12.6 Å². The highest BCUT2D eigenvalue weighted by Gasteiger charge is 2.18. The van der Waals surface area contributed by atoms with E-state index in [1.165, 1.54) is 0 Å². The summed E-state index contributed by atoms with van der Waals surface area (Å²) in [5, 5.41) is 13.8. The zero-order valence-electron chi connectivity index (χ0n) is 9.84. The zero-order valence-corrected chi connectivity index (χ0v) is 9.84. The van der Waals surface area contributed by atoms with E-state index in [0.29, 0.717) is 28.9 Å². The summed E-state index contributed by atoms with van der Waals surface area (Å²) in [4.78, 5) is 12.1. The minimum absolute atomic E-state index is 0.142. The van der Waals surface area contributed by atoms with Crippen LogP contribution < -0.4 is 14.9 Å². The van der Waals surface area contributed by atoms with Gasteiger partial charge in [-0.3, -0.25) is 9.48 Å². The molecule has 6 heteroatoms. The summed E-state index contributed by atoms with van der Waals surface area (Å²) >= 11 is 0. The van der Waals surface area contributed by atoms with Crippen LogP contribution in [-0.2, 0) is 13.2 Å². The molecule has 0 aliphatic carbocycles. The molecule has 6 nitrogen and oxygen atoms in total. The van der Waals surface area contributed by atoms with E-state index < -0.39 is 0 Å². The number of aryl methyl sites for hydroxylation is 1. The van der Waals surface area contributed by atoms with Crippen molar-refractivity contribution in [2.75, 3.05) is 6.79 Å². The Hall–Kier alpha value is -2.08. The highest BCUT2D eigenvalue weighted by Crippen LogP contribution is 2.34. The van der Waals surface area contributed by atoms with Gasteiger partial charge in [-0.25, -0.2) is 0 Å². The molecule has 94 valence electrons. The van der Waals surface area contributed by atoms with E-state index >= 15 is 0 Å². The van der Waals surface area contributed by atoms with E-state index in [4.69, 9.17) is 14.6 Å². The number of aromatic nitrogens is 2. The van der Waals surface area contributed by atoms with Crippen LogP contribution in [0.3, 0.4) is 0 Å². The van der Waals surface area contributed by atoms with E-state index in [2.05, 4.69) is 5.10 Å². The normalized spacial score (nSPS) is 13.2. The molecule has 0 amide bonds. The maximum atomic E-state index is 12.1. The van der Waals surface area contributed by atoms with Gasteiger partial charge in [-0.2, -0.15) is 5.10 Å². The second-order valence-corrected chi connectivity index (χ2v) is 3.97. The fourth-order valence-electron chi connectivity index (χ4n) is 2.07. The maximum Gasteiger partial charge on any atom is 0.231 e. The van der Waals surface area contributed by atoms with E-state index in [-0.39, 0.29) is 24.5 Å². The summed E-state index contributed by atoms with van der Waals surface area (Å²) in [5.41, 5.74) is 0.558. The Morgan fingerprint density at radius 3 is 2.78 bits per heavy atom. The summed E-state index contributed by atoms with van der Waals surface area (Å²) in [5.74, 6) is 1.17. The molecule has 1 aromatic heterocycles. The molecule has 0 fully saturated rings. The molecule has 1 aromatic carbocycles. The van der Waals surface area contributed by atoms with Gasteiger partial charge in [0.15, 0.2) is 11.5 Å². The lowest BCUT2D eigenvalue weighted by atomic mass is 10.1. The van der Waals surface area contributed by atoms with Gasteiger partial charge in [0.1, 0.15) is 5.69 Å². The number of benzene rings is 1. The molecule has 2 aromatic rings. The topological polar surface area (TPSA) is 73.6 Å². The lowest BCUT2D eigenvalue weighted by Gasteiger charge is -2.09. The molecular formula is C12H12N2O4. The van der Waals surface area contributed by atoms with Gasteiger partial charge < -0.3 is 14.6 Å². The Morgan fingerprint density at radius 1 is 1.39 bits per heavy atom. The molecule has 0 saturated heterocycles. The fourth-order valence-corrected chi connectivity index (χ4v) is 2.07. The van der Waals surface area contributed by atoms with E-state index in [0.717, 1.165) is 0 Å². The molecule has 1 N–H and O–H groups in total.